The highest BCUT2D eigenvalue weighted by molar-refractivity contribution is 8.09. The van der Waals surface area contributed by atoms with Crippen molar-refractivity contribution in [2.24, 2.45) is 11.7 Å². The third-order valence-electron chi connectivity index (χ3n) is 5.01. The summed E-state index contributed by atoms with van der Waals surface area (Å²) in [6, 6.07) is 9.27. The smallest absolute Gasteiger partial charge is 0.270 e. The fraction of sp³-hybridized carbons (Fsp3) is 0.348. The van der Waals surface area contributed by atoms with Crippen molar-refractivity contribution in [2.75, 3.05) is 11.9 Å². The molecular formula is C23H27FN4O4S. The number of primary amides is 1. The minimum Gasteiger partial charge on any atom is -0.392 e. The van der Waals surface area contributed by atoms with Crippen LogP contribution in [0.4, 0.5) is 10.2 Å². The van der Waals surface area contributed by atoms with E-state index in [1.54, 1.807) is 51.1 Å². The van der Waals surface area contributed by atoms with Gasteiger partial charge < -0.3 is 26.6 Å². The van der Waals surface area contributed by atoms with Gasteiger partial charge >= 0.3 is 0 Å². The van der Waals surface area contributed by atoms with Crippen molar-refractivity contribution in [2.45, 2.75) is 37.9 Å². The number of amides is 2. The molecule has 33 heavy (non-hydrogen) atoms. The second-order valence-electron chi connectivity index (χ2n) is 8.36. The minimum absolute atomic E-state index is 0.0888. The molecule has 2 unspecified atom stereocenters. The van der Waals surface area contributed by atoms with E-state index in [9.17, 15) is 24.2 Å². The number of pyridine rings is 1. The number of nitrogens with two attached hydrogens (primary N) is 1. The Morgan fingerprint density at radius 3 is 2.64 bits per heavy atom. The molecule has 2 amide bonds. The first kappa shape index (κ1) is 24.7. The van der Waals surface area contributed by atoms with Gasteiger partial charge in [-0.1, -0.05) is 36.0 Å². The molecule has 2 aromatic rings. The van der Waals surface area contributed by atoms with Crippen LogP contribution in [0.1, 0.15) is 42.4 Å². The largest absolute Gasteiger partial charge is 0.392 e. The Hall–Kier alpha value is -2.95. The predicted octanol–water partition coefficient (Wildman–Crippen LogP) is 2.19. The van der Waals surface area contributed by atoms with E-state index in [1.807, 2.05) is 0 Å². The predicted molar refractivity (Wildman–Crippen MR) is 126 cm³/mol. The van der Waals surface area contributed by atoms with Gasteiger partial charge in [0.2, 0.25) is 5.91 Å². The molecule has 2 heterocycles. The molecule has 1 aromatic heterocycles. The molecule has 6 N–H and O–H groups in total. The number of aliphatic hydroxyl groups excluding tert-OH is 1. The van der Waals surface area contributed by atoms with Crippen LogP contribution in [0.15, 0.2) is 42.5 Å². The van der Waals surface area contributed by atoms with Gasteiger partial charge in [0, 0.05) is 17.0 Å². The van der Waals surface area contributed by atoms with Crippen molar-refractivity contribution in [3.63, 3.8) is 0 Å². The van der Waals surface area contributed by atoms with E-state index < -0.39 is 40.6 Å². The quantitative estimate of drug-likeness (QED) is 0.395. The molecule has 0 bridgehead atoms. The Kier molecular flexibility index (Phi) is 7.41. The zero-order chi connectivity index (χ0) is 24.3. The molecule has 0 saturated carbocycles. The van der Waals surface area contributed by atoms with Crippen LogP contribution in [0, 0.1) is 11.7 Å². The summed E-state index contributed by atoms with van der Waals surface area (Å²) in [5.41, 5.74) is 5.26. The Bertz CT molecular complexity index is 1080. The monoisotopic (exact) mass is 474 g/mol. The van der Waals surface area contributed by atoms with Crippen molar-refractivity contribution < 1.29 is 24.2 Å². The molecule has 1 aliphatic rings. The first-order valence-corrected chi connectivity index (χ1v) is 11.2. The molecule has 1 aliphatic heterocycles. The van der Waals surface area contributed by atoms with Crippen molar-refractivity contribution in [3.8, 4) is 0 Å². The van der Waals surface area contributed by atoms with Gasteiger partial charge in [-0.2, -0.15) is 0 Å². The number of carbonyl (C=O) groups is 2. The number of nitrogens with zero attached hydrogens (tertiary/aromatic N) is 1. The molecule has 8 nitrogen and oxygen atoms in total. The molecular weight excluding hydrogens is 447 g/mol. The van der Waals surface area contributed by atoms with Crippen molar-refractivity contribution in [1.29, 1.82) is 0 Å². The summed E-state index contributed by atoms with van der Waals surface area (Å²) in [5.74, 6) is -1.96. The van der Waals surface area contributed by atoms with Gasteiger partial charge in [-0.05, 0) is 44.5 Å². The van der Waals surface area contributed by atoms with E-state index in [0.717, 1.165) is 0 Å². The summed E-state index contributed by atoms with van der Waals surface area (Å²) >= 11 is 1.22. The maximum atomic E-state index is 14.8. The first-order chi connectivity index (χ1) is 15.5. The van der Waals surface area contributed by atoms with E-state index in [-0.39, 0.29) is 12.2 Å². The van der Waals surface area contributed by atoms with Crippen LogP contribution in [0.5, 0.6) is 0 Å². The lowest BCUT2D eigenvalue weighted by molar-refractivity contribution is -0.120. The Labute approximate surface area is 195 Å². The molecule has 3 rings (SSSR count). The Balaban J connectivity index is 1.79. The fourth-order valence-electron chi connectivity index (χ4n) is 3.22. The number of nitrogens with one attached hydrogen (secondary N) is 2. The van der Waals surface area contributed by atoms with Gasteiger partial charge in [-0.15, -0.1) is 0 Å². The third-order valence-corrected chi connectivity index (χ3v) is 6.29. The van der Waals surface area contributed by atoms with Crippen LogP contribution < -0.4 is 16.4 Å². The number of aliphatic hydroxyl groups is 2. The second kappa shape index (κ2) is 9.90. The fourth-order valence-corrected chi connectivity index (χ4v) is 4.55. The summed E-state index contributed by atoms with van der Waals surface area (Å²) in [7, 11) is 0. The van der Waals surface area contributed by atoms with E-state index in [1.165, 1.54) is 23.9 Å². The number of hydrogen-bond donors (Lipinski definition) is 5. The van der Waals surface area contributed by atoms with Gasteiger partial charge in [0.1, 0.15) is 17.3 Å². The van der Waals surface area contributed by atoms with Gasteiger partial charge in [-0.3, -0.25) is 9.59 Å². The van der Waals surface area contributed by atoms with Gasteiger partial charge in [-0.25, -0.2) is 9.37 Å². The molecule has 0 radical (unpaired) electrons. The molecule has 0 fully saturated rings. The van der Waals surface area contributed by atoms with Crippen LogP contribution in [0.3, 0.4) is 0 Å². The van der Waals surface area contributed by atoms with E-state index >= 15 is 0 Å². The zero-order valence-corrected chi connectivity index (χ0v) is 19.3. The first-order valence-electron chi connectivity index (χ1n) is 10.4. The molecule has 0 aliphatic carbocycles. The molecule has 1 aromatic carbocycles. The van der Waals surface area contributed by atoms with Crippen molar-refractivity contribution in [1.82, 2.24) is 10.3 Å². The maximum absolute atomic E-state index is 14.8. The standard InChI is InChI=1S/C23H27FN4O4S/c1-12(29)11-26-21(31)17-5-4-6-19(27-17)28-22-15(20(25)30)10-18(33-22)14-8-7-13(9-16(14)24)23(2,3)32/h4-10,12,15,22,29,32H,11H2,1-3H3,(H2,25,30)(H,26,31)(H,27,28)/t12-,15?,22?/m0/s1. The van der Waals surface area contributed by atoms with E-state index in [0.29, 0.717) is 21.8 Å². The zero-order valence-electron chi connectivity index (χ0n) is 18.5. The summed E-state index contributed by atoms with van der Waals surface area (Å²) in [6.45, 7) is 4.78. The number of halogens is 1. The van der Waals surface area contributed by atoms with Crippen LogP contribution in [-0.2, 0) is 10.4 Å². The van der Waals surface area contributed by atoms with Crippen LogP contribution in [-0.4, -0.2) is 45.0 Å². The molecule has 10 heteroatoms. The summed E-state index contributed by atoms with van der Waals surface area (Å²) < 4.78 is 14.8. The molecule has 176 valence electrons. The number of carbonyl (C=O) groups excluding carboxylic acids is 2. The number of benzene rings is 1. The number of thioether (sulfide) groups is 1. The number of aromatic nitrogens is 1. The average molecular weight is 475 g/mol. The normalized spacial score (nSPS) is 19.0. The SMILES string of the molecule is C[C@H](O)CNC(=O)c1cccc(NC2SC(c3ccc(C(C)(C)O)cc3F)=CC2C(N)=O)n1. The Morgan fingerprint density at radius 1 is 1.30 bits per heavy atom. The third kappa shape index (κ3) is 6.10. The lowest BCUT2D eigenvalue weighted by Crippen LogP contribution is -2.33. The lowest BCUT2D eigenvalue weighted by Gasteiger charge is -2.20. The number of hydrogen-bond acceptors (Lipinski definition) is 7. The summed E-state index contributed by atoms with van der Waals surface area (Å²) in [4.78, 5) is 29.1. The average Bonchev–Trinajstić information content (AvgIpc) is 3.15. The van der Waals surface area contributed by atoms with Crippen LogP contribution in [0.2, 0.25) is 0 Å². The highest BCUT2D eigenvalue weighted by Crippen LogP contribution is 2.43. The van der Waals surface area contributed by atoms with Crippen LogP contribution >= 0.6 is 11.8 Å². The highest BCUT2D eigenvalue weighted by Gasteiger charge is 2.34. The second-order valence-corrected chi connectivity index (χ2v) is 9.55. The molecule has 3 atom stereocenters. The van der Waals surface area contributed by atoms with E-state index in [4.69, 9.17) is 5.73 Å². The van der Waals surface area contributed by atoms with Crippen LogP contribution in [0.25, 0.3) is 4.91 Å². The van der Waals surface area contributed by atoms with E-state index in [2.05, 4.69) is 15.6 Å². The van der Waals surface area contributed by atoms with Gasteiger partial charge in [0.15, 0.2) is 0 Å². The lowest BCUT2D eigenvalue weighted by atomic mass is 9.96. The highest BCUT2D eigenvalue weighted by atomic mass is 32.2. The van der Waals surface area contributed by atoms with Crippen molar-refractivity contribution in [3.05, 3.63) is 65.1 Å². The Morgan fingerprint density at radius 2 is 2.03 bits per heavy atom. The summed E-state index contributed by atoms with van der Waals surface area (Å²) in [6.07, 6.45) is 0.912. The topological polar surface area (TPSA) is 138 Å². The van der Waals surface area contributed by atoms with Crippen molar-refractivity contribution >= 4 is 34.3 Å². The number of rotatable bonds is 8. The summed E-state index contributed by atoms with van der Waals surface area (Å²) in [5, 5.41) is 24.5. The van der Waals surface area contributed by atoms with Gasteiger partial charge in [0.25, 0.3) is 5.91 Å². The molecule has 0 saturated heterocycles. The maximum Gasteiger partial charge on any atom is 0.270 e. The minimum atomic E-state index is -1.19. The number of anilines is 1. The molecule has 0 spiro atoms. The van der Waals surface area contributed by atoms with Gasteiger partial charge in [0.05, 0.1) is 23.0 Å².